The standard InChI is InChI=1S/C21H28FN/c1-4-21(16(2)14-17(3)22)19-10-12-20(13-11-19)23-15-18-8-6-5-7-9-18/h4-9,14,19-20,23H,1,10-13,15H2,2-3H3/b17-14+,21-16-/t19-,20-. The molecule has 1 aromatic carbocycles. The Morgan fingerprint density at radius 1 is 1.17 bits per heavy atom. The van der Waals surface area contributed by atoms with Crippen LogP contribution >= 0.6 is 0 Å². The molecule has 1 N–H and O–H groups in total. The molecule has 0 amide bonds. The van der Waals surface area contributed by atoms with Crippen LogP contribution in [0.1, 0.15) is 45.1 Å². The van der Waals surface area contributed by atoms with Crippen molar-refractivity contribution in [2.75, 3.05) is 0 Å². The molecule has 1 saturated carbocycles. The van der Waals surface area contributed by atoms with Gasteiger partial charge < -0.3 is 5.32 Å². The van der Waals surface area contributed by atoms with Gasteiger partial charge in [0.05, 0.1) is 5.83 Å². The number of hydrogen-bond donors (Lipinski definition) is 1. The number of halogens is 1. The van der Waals surface area contributed by atoms with Gasteiger partial charge in [0.25, 0.3) is 0 Å². The number of nitrogens with one attached hydrogen (secondary N) is 1. The Balaban J connectivity index is 1.87. The Kier molecular flexibility index (Phi) is 6.79. The van der Waals surface area contributed by atoms with Gasteiger partial charge in [0, 0.05) is 12.6 Å². The van der Waals surface area contributed by atoms with Gasteiger partial charge in [-0.25, -0.2) is 4.39 Å². The minimum absolute atomic E-state index is 0.139. The van der Waals surface area contributed by atoms with Crippen molar-refractivity contribution in [1.82, 2.24) is 5.32 Å². The van der Waals surface area contributed by atoms with E-state index in [0.717, 1.165) is 25.0 Å². The summed E-state index contributed by atoms with van der Waals surface area (Å²) in [5.74, 6) is 0.373. The van der Waals surface area contributed by atoms with E-state index in [1.807, 2.05) is 19.1 Å². The Labute approximate surface area is 140 Å². The van der Waals surface area contributed by atoms with Crippen molar-refractivity contribution >= 4 is 0 Å². The molecule has 0 atom stereocenters. The van der Waals surface area contributed by atoms with Crippen LogP contribution in [0.3, 0.4) is 0 Å². The van der Waals surface area contributed by atoms with Gasteiger partial charge in [-0.2, -0.15) is 0 Å². The molecule has 1 fully saturated rings. The number of benzene rings is 1. The predicted octanol–water partition coefficient (Wildman–Crippen LogP) is 5.71. The maximum atomic E-state index is 13.1. The molecule has 0 saturated heterocycles. The monoisotopic (exact) mass is 313 g/mol. The number of allylic oxidation sites excluding steroid dienone is 5. The Hall–Kier alpha value is -1.67. The molecule has 1 aliphatic carbocycles. The average molecular weight is 313 g/mol. The average Bonchev–Trinajstić information content (AvgIpc) is 2.55. The van der Waals surface area contributed by atoms with Crippen molar-refractivity contribution < 1.29 is 4.39 Å². The minimum Gasteiger partial charge on any atom is -0.310 e. The van der Waals surface area contributed by atoms with Crippen molar-refractivity contribution in [1.29, 1.82) is 0 Å². The minimum atomic E-state index is -0.139. The third-order valence-corrected chi connectivity index (χ3v) is 4.70. The van der Waals surface area contributed by atoms with Gasteiger partial charge in [-0.1, -0.05) is 43.0 Å². The molecule has 2 rings (SSSR count). The molecule has 1 aromatic rings. The van der Waals surface area contributed by atoms with Crippen LogP contribution < -0.4 is 5.32 Å². The fourth-order valence-electron chi connectivity index (χ4n) is 3.50. The van der Waals surface area contributed by atoms with Crippen LogP contribution in [0.5, 0.6) is 0 Å². The van der Waals surface area contributed by atoms with E-state index in [0.29, 0.717) is 12.0 Å². The first-order chi connectivity index (χ1) is 11.1. The SMILES string of the molecule is C=C/C(=C(C)/C=C(\C)F)[C@H]1CC[C@H](NCc2ccccc2)CC1. The van der Waals surface area contributed by atoms with Crippen molar-refractivity contribution in [2.24, 2.45) is 5.92 Å². The fourth-order valence-corrected chi connectivity index (χ4v) is 3.50. The third kappa shape index (κ3) is 5.47. The lowest BCUT2D eigenvalue weighted by Gasteiger charge is -2.30. The largest absolute Gasteiger partial charge is 0.310 e. The summed E-state index contributed by atoms with van der Waals surface area (Å²) in [4.78, 5) is 0. The first-order valence-electron chi connectivity index (χ1n) is 8.54. The molecular formula is C21H28FN. The molecular weight excluding hydrogens is 285 g/mol. The third-order valence-electron chi connectivity index (χ3n) is 4.70. The maximum Gasteiger partial charge on any atom is 0.0971 e. The molecule has 2 heteroatoms. The second kappa shape index (κ2) is 8.83. The van der Waals surface area contributed by atoms with Crippen LogP contribution in [0.25, 0.3) is 0 Å². The van der Waals surface area contributed by atoms with Gasteiger partial charge in [0.1, 0.15) is 0 Å². The summed E-state index contributed by atoms with van der Waals surface area (Å²) >= 11 is 0. The second-order valence-electron chi connectivity index (χ2n) is 6.49. The summed E-state index contributed by atoms with van der Waals surface area (Å²) < 4.78 is 13.1. The lowest BCUT2D eigenvalue weighted by Crippen LogP contribution is -2.33. The summed E-state index contributed by atoms with van der Waals surface area (Å²) in [6, 6.07) is 11.1. The van der Waals surface area contributed by atoms with E-state index in [1.165, 1.54) is 30.9 Å². The van der Waals surface area contributed by atoms with E-state index in [9.17, 15) is 4.39 Å². The van der Waals surface area contributed by atoms with Crippen molar-refractivity contribution in [3.63, 3.8) is 0 Å². The molecule has 0 aromatic heterocycles. The molecule has 124 valence electrons. The van der Waals surface area contributed by atoms with Crippen LogP contribution in [0.4, 0.5) is 4.39 Å². The van der Waals surface area contributed by atoms with Crippen LogP contribution in [-0.4, -0.2) is 6.04 Å². The molecule has 23 heavy (non-hydrogen) atoms. The van der Waals surface area contributed by atoms with Crippen molar-refractivity contribution in [2.45, 2.75) is 52.1 Å². The zero-order valence-corrected chi connectivity index (χ0v) is 14.3. The lowest BCUT2D eigenvalue weighted by molar-refractivity contribution is 0.320. The smallest absolute Gasteiger partial charge is 0.0971 e. The maximum absolute atomic E-state index is 13.1. The fraction of sp³-hybridized carbons (Fsp3) is 0.429. The molecule has 0 bridgehead atoms. The molecule has 0 unspecified atom stereocenters. The van der Waals surface area contributed by atoms with E-state index in [4.69, 9.17) is 0 Å². The number of rotatable bonds is 6. The van der Waals surface area contributed by atoms with Gasteiger partial charge in [0.2, 0.25) is 0 Å². The van der Waals surface area contributed by atoms with Gasteiger partial charge >= 0.3 is 0 Å². The summed E-state index contributed by atoms with van der Waals surface area (Å²) in [7, 11) is 0. The zero-order valence-electron chi connectivity index (χ0n) is 14.3. The van der Waals surface area contributed by atoms with E-state index < -0.39 is 0 Å². The van der Waals surface area contributed by atoms with Crippen LogP contribution in [0.2, 0.25) is 0 Å². The van der Waals surface area contributed by atoms with Crippen LogP contribution in [-0.2, 0) is 6.54 Å². The topological polar surface area (TPSA) is 12.0 Å². The second-order valence-corrected chi connectivity index (χ2v) is 6.49. The predicted molar refractivity (Wildman–Crippen MR) is 96.8 cm³/mol. The summed E-state index contributed by atoms with van der Waals surface area (Å²) in [5.41, 5.74) is 3.56. The molecule has 0 aliphatic heterocycles. The molecule has 1 aliphatic rings. The first kappa shape index (κ1) is 17.7. The Morgan fingerprint density at radius 2 is 1.83 bits per heavy atom. The quantitative estimate of drug-likeness (QED) is 0.663. The van der Waals surface area contributed by atoms with Crippen molar-refractivity contribution in [3.8, 4) is 0 Å². The summed E-state index contributed by atoms with van der Waals surface area (Å²) in [6.07, 6.45) is 8.16. The highest BCUT2D eigenvalue weighted by atomic mass is 19.1. The zero-order chi connectivity index (χ0) is 16.7. The number of hydrogen-bond acceptors (Lipinski definition) is 1. The van der Waals surface area contributed by atoms with E-state index in [1.54, 1.807) is 6.08 Å². The molecule has 0 radical (unpaired) electrons. The van der Waals surface area contributed by atoms with E-state index in [-0.39, 0.29) is 5.83 Å². The Bertz CT molecular complexity index is 559. The normalized spacial score (nSPS) is 23.3. The first-order valence-corrected chi connectivity index (χ1v) is 8.54. The summed E-state index contributed by atoms with van der Waals surface area (Å²) in [5, 5.41) is 3.66. The van der Waals surface area contributed by atoms with Gasteiger partial charge in [-0.15, -0.1) is 0 Å². The highest BCUT2D eigenvalue weighted by Gasteiger charge is 2.23. The van der Waals surface area contributed by atoms with E-state index >= 15 is 0 Å². The van der Waals surface area contributed by atoms with Crippen LogP contribution in [0.15, 0.2) is 66.0 Å². The lowest BCUT2D eigenvalue weighted by atomic mass is 9.79. The molecule has 1 nitrogen and oxygen atoms in total. The highest BCUT2D eigenvalue weighted by molar-refractivity contribution is 5.33. The summed E-state index contributed by atoms with van der Waals surface area (Å²) in [6.45, 7) is 8.35. The Morgan fingerprint density at radius 3 is 2.39 bits per heavy atom. The molecule has 0 heterocycles. The van der Waals surface area contributed by atoms with Gasteiger partial charge in [0.15, 0.2) is 0 Å². The van der Waals surface area contributed by atoms with Gasteiger partial charge in [-0.05, 0) is 68.2 Å². The van der Waals surface area contributed by atoms with Crippen molar-refractivity contribution in [3.05, 3.63) is 71.6 Å². The van der Waals surface area contributed by atoms with Gasteiger partial charge in [-0.3, -0.25) is 0 Å². The van der Waals surface area contributed by atoms with E-state index in [2.05, 4.69) is 36.2 Å². The highest BCUT2D eigenvalue weighted by Crippen LogP contribution is 2.33. The van der Waals surface area contributed by atoms with Crippen LogP contribution in [0, 0.1) is 5.92 Å². The molecule has 0 spiro atoms.